The summed E-state index contributed by atoms with van der Waals surface area (Å²) in [5.74, 6) is -0.916. The highest BCUT2D eigenvalue weighted by molar-refractivity contribution is 8.00. The van der Waals surface area contributed by atoms with Crippen LogP contribution in [0.1, 0.15) is 37.0 Å². The molecule has 0 saturated carbocycles. The van der Waals surface area contributed by atoms with Crippen molar-refractivity contribution < 1.29 is 28.7 Å². The van der Waals surface area contributed by atoms with E-state index in [-0.39, 0.29) is 36.1 Å². The van der Waals surface area contributed by atoms with Crippen LogP contribution in [0.3, 0.4) is 0 Å². The Bertz CT molecular complexity index is 926. The lowest BCUT2D eigenvalue weighted by Crippen LogP contribution is -2.50. The average Bonchev–Trinajstić information content (AvgIpc) is 3.31. The van der Waals surface area contributed by atoms with Crippen molar-refractivity contribution in [3.05, 3.63) is 41.1 Å². The first-order valence-electron chi connectivity index (χ1n) is 10.5. The number of amides is 3. The van der Waals surface area contributed by atoms with Crippen molar-refractivity contribution in [1.29, 1.82) is 0 Å². The van der Waals surface area contributed by atoms with Gasteiger partial charge in [0.25, 0.3) is 0 Å². The van der Waals surface area contributed by atoms with Crippen LogP contribution in [-0.4, -0.2) is 66.9 Å². The number of hydrogen-bond donors (Lipinski definition) is 2. The summed E-state index contributed by atoms with van der Waals surface area (Å²) >= 11 is 1.29. The van der Waals surface area contributed by atoms with Gasteiger partial charge in [0.15, 0.2) is 0 Å². The van der Waals surface area contributed by atoms with Gasteiger partial charge in [-0.15, -0.1) is 11.8 Å². The Balaban J connectivity index is 1.68. The quantitative estimate of drug-likeness (QED) is 0.450. The first-order chi connectivity index (χ1) is 15.4. The molecule has 9 nitrogen and oxygen atoms in total. The Morgan fingerprint density at radius 3 is 2.56 bits per heavy atom. The van der Waals surface area contributed by atoms with Crippen LogP contribution in [0.25, 0.3) is 0 Å². The highest BCUT2D eigenvalue weighted by Gasteiger charge is 2.30. The highest BCUT2D eigenvalue weighted by Crippen LogP contribution is 2.25. The van der Waals surface area contributed by atoms with Crippen molar-refractivity contribution >= 4 is 35.6 Å². The van der Waals surface area contributed by atoms with Gasteiger partial charge < -0.3 is 25.0 Å². The zero-order chi connectivity index (χ0) is 23.1. The van der Waals surface area contributed by atoms with Gasteiger partial charge >= 0.3 is 18.0 Å². The summed E-state index contributed by atoms with van der Waals surface area (Å²) in [6.45, 7) is 4.77. The van der Waals surface area contributed by atoms with Gasteiger partial charge in [0.1, 0.15) is 6.61 Å². The van der Waals surface area contributed by atoms with Gasteiger partial charge in [-0.05, 0) is 38.8 Å². The molecule has 1 saturated heterocycles. The largest absolute Gasteiger partial charge is 0.463 e. The number of urea groups is 1. The van der Waals surface area contributed by atoms with Crippen LogP contribution in [0.15, 0.2) is 40.4 Å². The fraction of sp³-hybridized carbons (Fsp3) is 0.455. The number of nitrogens with one attached hydrogen (secondary N) is 2. The minimum atomic E-state index is -0.613. The molecule has 3 amide bonds. The zero-order valence-corrected chi connectivity index (χ0v) is 19.0. The Labute approximate surface area is 190 Å². The van der Waals surface area contributed by atoms with E-state index in [0.717, 1.165) is 25.9 Å². The van der Waals surface area contributed by atoms with E-state index in [9.17, 15) is 19.2 Å². The molecule has 1 aromatic rings. The van der Waals surface area contributed by atoms with Gasteiger partial charge in [-0.25, -0.2) is 14.4 Å². The van der Waals surface area contributed by atoms with Crippen molar-refractivity contribution in [2.24, 2.45) is 0 Å². The second-order valence-electron chi connectivity index (χ2n) is 7.38. The maximum absolute atomic E-state index is 12.8. The fourth-order valence-corrected chi connectivity index (χ4v) is 4.51. The maximum Gasteiger partial charge on any atom is 0.339 e. The molecule has 3 rings (SSSR count). The van der Waals surface area contributed by atoms with Crippen LogP contribution < -0.4 is 10.6 Å². The van der Waals surface area contributed by atoms with E-state index >= 15 is 0 Å². The molecule has 0 aromatic heterocycles. The topological polar surface area (TPSA) is 114 Å². The number of esters is 2. The molecule has 2 aliphatic rings. The van der Waals surface area contributed by atoms with E-state index in [1.54, 1.807) is 38.1 Å². The standard InChI is InChI=1S/C22H27N3O6S/c1-3-30-21(28)19-14(2)23-22(29)24-16(19)12-31-20(27)15-8-4-5-9-17(15)32-13-18(26)25-10-6-7-11-25/h4-5,8-9,14H,3,6-7,10-13H2,1-2H3,(H2,23,24,29)/t14-/m1/s1. The van der Waals surface area contributed by atoms with Gasteiger partial charge in [-0.1, -0.05) is 12.1 Å². The van der Waals surface area contributed by atoms with Gasteiger partial charge in [0.05, 0.1) is 35.2 Å². The number of benzene rings is 1. The molecule has 0 radical (unpaired) electrons. The number of likely N-dealkylation sites (tertiary alicyclic amines) is 1. The van der Waals surface area contributed by atoms with Gasteiger partial charge in [-0.3, -0.25) is 4.79 Å². The minimum Gasteiger partial charge on any atom is -0.463 e. The van der Waals surface area contributed by atoms with Crippen LogP contribution >= 0.6 is 11.8 Å². The molecule has 32 heavy (non-hydrogen) atoms. The van der Waals surface area contributed by atoms with Crippen LogP contribution in [0.4, 0.5) is 4.79 Å². The van der Waals surface area contributed by atoms with E-state index in [1.165, 1.54) is 11.8 Å². The summed E-state index contributed by atoms with van der Waals surface area (Å²) in [6.07, 6.45) is 2.04. The van der Waals surface area contributed by atoms with Gasteiger partial charge in [0.2, 0.25) is 5.91 Å². The molecule has 0 unspecified atom stereocenters. The van der Waals surface area contributed by atoms with Crippen molar-refractivity contribution in [2.75, 3.05) is 32.1 Å². The molecule has 172 valence electrons. The Hall–Kier alpha value is -3.01. The molecular weight excluding hydrogens is 434 g/mol. The monoisotopic (exact) mass is 461 g/mol. The normalized spacial score (nSPS) is 18.1. The third-order valence-electron chi connectivity index (χ3n) is 5.13. The van der Waals surface area contributed by atoms with Crippen molar-refractivity contribution in [2.45, 2.75) is 37.6 Å². The SMILES string of the molecule is CCOC(=O)C1=C(COC(=O)c2ccccc2SCC(=O)N2CCCC2)NC(=O)N[C@@H]1C. The van der Waals surface area contributed by atoms with Crippen LogP contribution in [0, 0.1) is 0 Å². The summed E-state index contributed by atoms with van der Waals surface area (Å²) in [6, 6.07) is 5.80. The Morgan fingerprint density at radius 1 is 1.12 bits per heavy atom. The number of carbonyl (C=O) groups is 4. The molecular formula is C22H27N3O6S. The number of thioether (sulfide) groups is 1. The molecule has 0 aliphatic carbocycles. The van der Waals surface area contributed by atoms with Crippen LogP contribution in [0.5, 0.6) is 0 Å². The first kappa shape index (κ1) is 23.6. The third kappa shape index (κ3) is 5.82. The molecule has 1 fully saturated rings. The predicted octanol–water partition coefficient (Wildman–Crippen LogP) is 2.08. The number of nitrogens with zero attached hydrogens (tertiary/aromatic N) is 1. The molecule has 2 heterocycles. The molecule has 10 heteroatoms. The van der Waals surface area contributed by atoms with E-state index in [1.807, 2.05) is 4.90 Å². The fourth-order valence-electron chi connectivity index (χ4n) is 3.57. The number of hydrogen-bond acceptors (Lipinski definition) is 7. The summed E-state index contributed by atoms with van der Waals surface area (Å²) in [5.41, 5.74) is 0.707. The zero-order valence-electron chi connectivity index (χ0n) is 18.1. The summed E-state index contributed by atoms with van der Waals surface area (Å²) in [5, 5.41) is 5.11. The van der Waals surface area contributed by atoms with Gasteiger partial charge in [-0.2, -0.15) is 0 Å². The second kappa shape index (κ2) is 11.0. The lowest BCUT2D eigenvalue weighted by atomic mass is 10.0. The number of ether oxygens (including phenoxy) is 2. The lowest BCUT2D eigenvalue weighted by molar-refractivity contribution is -0.139. The first-order valence-corrected chi connectivity index (χ1v) is 11.5. The summed E-state index contributed by atoms with van der Waals surface area (Å²) in [4.78, 5) is 51.7. The molecule has 1 aromatic carbocycles. The number of carbonyl (C=O) groups excluding carboxylic acids is 4. The smallest absolute Gasteiger partial charge is 0.339 e. The lowest BCUT2D eigenvalue weighted by Gasteiger charge is -2.26. The Kier molecular flexibility index (Phi) is 8.15. The predicted molar refractivity (Wildman–Crippen MR) is 118 cm³/mol. The van der Waals surface area contributed by atoms with Crippen LogP contribution in [0.2, 0.25) is 0 Å². The molecule has 0 bridgehead atoms. The molecule has 0 spiro atoms. The van der Waals surface area contributed by atoms with Gasteiger partial charge in [0, 0.05) is 18.0 Å². The van der Waals surface area contributed by atoms with Crippen molar-refractivity contribution in [3.8, 4) is 0 Å². The second-order valence-corrected chi connectivity index (χ2v) is 8.40. The third-order valence-corrected chi connectivity index (χ3v) is 6.19. The van der Waals surface area contributed by atoms with Crippen molar-refractivity contribution in [3.63, 3.8) is 0 Å². The molecule has 2 N–H and O–H groups in total. The molecule has 1 atom stereocenters. The highest BCUT2D eigenvalue weighted by atomic mass is 32.2. The molecule has 2 aliphatic heterocycles. The number of rotatable bonds is 8. The summed E-state index contributed by atoms with van der Waals surface area (Å²) < 4.78 is 10.5. The van der Waals surface area contributed by atoms with E-state index in [0.29, 0.717) is 10.5 Å². The van der Waals surface area contributed by atoms with Crippen molar-refractivity contribution in [1.82, 2.24) is 15.5 Å². The Morgan fingerprint density at radius 2 is 1.84 bits per heavy atom. The summed E-state index contributed by atoms with van der Waals surface area (Å²) in [7, 11) is 0. The van der Waals surface area contributed by atoms with E-state index < -0.39 is 24.0 Å². The van der Waals surface area contributed by atoms with E-state index in [2.05, 4.69) is 10.6 Å². The average molecular weight is 462 g/mol. The van der Waals surface area contributed by atoms with E-state index in [4.69, 9.17) is 9.47 Å². The maximum atomic E-state index is 12.8. The minimum absolute atomic E-state index is 0.0475. The van der Waals surface area contributed by atoms with Crippen LogP contribution in [-0.2, 0) is 19.1 Å².